The number of anilines is 1. The van der Waals surface area contributed by atoms with Crippen LogP contribution in [0.4, 0.5) is 10.5 Å². The number of nitrogens with zero attached hydrogens (tertiary/aromatic N) is 2. The normalized spacial score (nSPS) is 25.2. The summed E-state index contributed by atoms with van der Waals surface area (Å²) in [5.74, 6) is -0.393. The standard InChI is InChI=1S/C19H18N2O3/c1-19-13-12-16(24-17(22)14-8-4-2-5-9-14)21(19)18(23)20(19)15-10-6-3-7-11-15/h2-11,16H,12-13H2,1H3. The van der Waals surface area contributed by atoms with Crippen LogP contribution in [0.5, 0.6) is 0 Å². The van der Waals surface area contributed by atoms with Gasteiger partial charge in [-0.05, 0) is 37.6 Å². The lowest BCUT2D eigenvalue weighted by molar-refractivity contribution is -0.0372. The van der Waals surface area contributed by atoms with Crippen molar-refractivity contribution in [2.75, 3.05) is 4.90 Å². The number of rotatable bonds is 3. The molecule has 24 heavy (non-hydrogen) atoms. The highest BCUT2D eigenvalue weighted by Crippen LogP contribution is 2.48. The van der Waals surface area contributed by atoms with Crippen molar-refractivity contribution in [3.05, 3.63) is 66.2 Å². The van der Waals surface area contributed by atoms with Crippen LogP contribution in [0, 0.1) is 0 Å². The van der Waals surface area contributed by atoms with E-state index in [1.807, 2.05) is 43.3 Å². The molecular formula is C19H18N2O3. The van der Waals surface area contributed by atoms with E-state index in [1.54, 1.807) is 34.1 Å². The molecule has 2 heterocycles. The molecule has 2 unspecified atom stereocenters. The second-order valence-electron chi connectivity index (χ2n) is 6.31. The molecule has 2 aromatic carbocycles. The number of carbonyl (C=O) groups excluding carboxylic acids is 2. The zero-order valence-electron chi connectivity index (χ0n) is 13.4. The van der Waals surface area contributed by atoms with E-state index in [0.717, 1.165) is 12.1 Å². The van der Waals surface area contributed by atoms with Crippen molar-refractivity contribution in [2.24, 2.45) is 0 Å². The first-order valence-corrected chi connectivity index (χ1v) is 8.06. The predicted octanol–water partition coefficient (Wildman–Crippen LogP) is 3.62. The van der Waals surface area contributed by atoms with E-state index in [2.05, 4.69) is 0 Å². The minimum atomic E-state index is -0.504. The number of hydrogen-bond donors (Lipinski definition) is 0. The van der Waals surface area contributed by atoms with Crippen LogP contribution in [0.3, 0.4) is 0 Å². The first-order chi connectivity index (χ1) is 11.6. The first-order valence-electron chi connectivity index (χ1n) is 8.06. The van der Waals surface area contributed by atoms with Crippen molar-refractivity contribution in [1.29, 1.82) is 0 Å². The molecule has 0 aromatic heterocycles. The lowest BCUT2D eigenvalue weighted by Crippen LogP contribution is -2.75. The van der Waals surface area contributed by atoms with E-state index < -0.39 is 17.9 Å². The highest BCUT2D eigenvalue weighted by Gasteiger charge is 2.62. The Bertz CT molecular complexity index is 778. The number of carbonyl (C=O) groups is 2. The van der Waals surface area contributed by atoms with Crippen molar-refractivity contribution in [3.8, 4) is 0 Å². The maximum atomic E-state index is 12.6. The Hall–Kier alpha value is -2.82. The monoisotopic (exact) mass is 322 g/mol. The smallest absolute Gasteiger partial charge is 0.340 e. The highest BCUT2D eigenvalue weighted by atomic mass is 16.6. The molecule has 122 valence electrons. The van der Waals surface area contributed by atoms with E-state index in [0.29, 0.717) is 12.0 Å². The van der Waals surface area contributed by atoms with Crippen molar-refractivity contribution >= 4 is 17.7 Å². The van der Waals surface area contributed by atoms with Gasteiger partial charge in [-0.3, -0.25) is 9.80 Å². The number of amides is 2. The summed E-state index contributed by atoms with van der Waals surface area (Å²) in [6, 6.07) is 18.3. The van der Waals surface area contributed by atoms with Crippen LogP contribution < -0.4 is 4.90 Å². The molecular weight excluding hydrogens is 304 g/mol. The van der Waals surface area contributed by atoms with Gasteiger partial charge in [-0.25, -0.2) is 9.59 Å². The number of esters is 1. The fourth-order valence-electron chi connectivity index (χ4n) is 3.62. The van der Waals surface area contributed by atoms with Gasteiger partial charge in [0.15, 0.2) is 6.23 Å². The minimum Gasteiger partial charge on any atom is -0.438 e. The lowest BCUT2D eigenvalue weighted by atomic mass is 10.0. The Labute approximate surface area is 140 Å². The van der Waals surface area contributed by atoms with Gasteiger partial charge in [0.2, 0.25) is 0 Å². The van der Waals surface area contributed by atoms with Crippen molar-refractivity contribution < 1.29 is 14.3 Å². The van der Waals surface area contributed by atoms with Crippen LogP contribution in [-0.2, 0) is 4.74 Å². The van der Waals surface area contributed by atoms with Crippen LogP contribution in [0.25, 0.3) is 0 Å². The van der Waals surface area contributed by atoms with Gasteiger partial charge in [0.1, 0.15) is 5.66 Å². The molecule has 0 radical (unpaired) electrons. The van der Waals surface area contributed by atoms with Crippen LogP contribution in [0.1, 0.15) is 30.1 Å². The molecule has 2 fully saturated rings. The lowest BCUT2D eigenvalue weighted by Gasteiger charge is -2.55. The molecule has 2 aliphatic heterocycles. The van der Waals surface area contributed by atoms with Crippen molar-refractivity contribution in [3.63, 3.8) is 0 Å². The van der Waals surface area contributed by atoms with Crippen LogP contribution in [0.15, 0.2) is 60.7 Å². The molecule has 5 nitrogen and oxygen atoms in total. The molecule has 2 amide bonds. The molecule has 0 aliphatic carbocycles. The number of urea groups is 1. The number of ether oxygens (including phenoxy) is 1. The number of para-hydroxylation sites is 1. The maximum absolute atomic E-state index is 12.6. The van der Waals surface area contributed by atoms with Crippen molar-refractivity contribution in [2.45, 2.75) is 31.7 Å². The summed E-state index contributed by atoms with van der Waals surface area (Å²) in [5, 5.41) is 0. The molecule has 2 aromatic rings. The van der Waals surface area contributed by atoms with E-state index in [-0.39, 0.29) is 6.03 Å². The zero-order valence-corrected chi connectivity index (χ0v) is 13.4. The Morgan fingerprint density at radius 1 is 1.08 bits per heavy atom. The highest BCUT2D eigenvalue weighted by molar-refractivity contribution is 6.01. The molecule has 2 aliphatic rings. The molecule has 0 bridgehead atoms. The average molecular weight is 322 g/mol. The minimum absolute atomic E-state index is 0.118. The van der Waals surface area contributed by atoms with Gasteiger partial charge in [0.05, 0.1) is 5.56 Å². The van der Waals surface area contributed by atoms with Gasteiger partial charge in [-0.15, -0.1) is 0 Å². The molecule has 0 N–H and O–H groups in total. The summed E-state index contributed by atoms with van der Waals surface area (Å²) in [5.41, 5.74) is 0.940. The molecule has 2 saturated heterocycles. The number of hydrogen-bond acceptors (Lipinski definition) is 3. The topological polar surface area (TPSA) is 49.9 Å². The van der Waals surface area contributed by atoms with E-state index in [4.69, 9.17) is 4.74 Å². The number of fused-ring (bicyclic) bond motifs is 1. The second kappa shape index (κ2) is 5.37. The SMILES string of the molecule is CC12CCC(OC(=O)c3ccccc3)N1C(=O)N2c1ccccc1. The summed E-state index contributed by atoms with van der Waals surface area (Å²) < 4.78 is 5.59. The zero-order chi connectivity index (χ0) is 16.7. The summed E-state index contributed by atoms with van der Waals surface area (Å²) >= 11 is 0. The average Bonchev–Trinajstić information content (AvgIpc) is 2.88. The number of benzene rings is 2. The Kier molecular flexibility index (Phi) is 3.30. The fourth-order valence-corrected chi connectivity index (χ4v) is 3.62. The molecule has 0 spiro atoms. The summed E-state index contributed by atoms with van der Waals surface area (Å²) in [6.45, 7) is 2.01. The molecule has 4 rings (SSSR count). The third kappa shape index (κ3) is 2.08. The first kappa shape index (κ1) is 14.8. The van der Waals surface area contributed by atoms with Gasteiger partial charge in [0.25, 0.3) is 0 Å². The second-order valence-corrected chi connectivity index (χ2v) is 6.31. The Morgan fingerprint density at radius 2 is 1.71 bits per heavy atom. The fraction of sp³-hybridized carbons (Fsp3) is 0.263. The Morgan fingerprint density at radius 3 is 2.38 bits per heavy atom. The summed E-state index contributed by atoms with van der Waals surface area (Å²) in [7, 11) is 0. The predicted molar refractivity (Wildman–Crippen MR) is 89.4 cm³/mol. The molecule has 5 heteroatoms. The van der Waals surface area contributed by atoms with Crippen LogP contribution in [-0.4, -0.2) is 28.8 Å². The van der Waals surface area contributed by atoms with E-state index in [9.17, 15) is 9.59 Å². The van der Waals surface area contributed by atoms with Crippen molar-refractivity contribution in [1.82, 2.24) is 4.90 Å². The van der Waals surface area contributed by atoms with Gasteiger partial charge < -0.3 is 4.74 Å². The van der Waals surface area contributed by atoms with Crippen LogP contribution in [0.2, 0.25) is 0 Å². The largest absolute Gasteiger partial charge is 0.438 e. The van der Waals surface area contributed by atoms with Gasteiger partial charge >= 0.3 is 12.0 Å². The third-order valence-electron chi connectivity index (χ3n) is 4.82. The van der Waals surface area contributed by atoms with Gasteiger partial charge in [-0.2, -0.15) is 0 Å². The Balaban J connectivity index is 1.52. The van der Waals surface area contributed by atoms with E-state index in [1.165, 1.54) is 0 Å². The summed E-state index contributed by atoms with van der Waals surface area (Å²) in [4.78, 5) is 28.4. The van der Waals surface area contributed by atoms with E-state index >= 15 is 0 Å². The maximum Gasteiger partial charge on any atom is 0.340 e. The van der Waals surface area contributed by atoms with Crippen LogP contribution >= 0.6 is 0 Å². The van der Waals surface area contributed by atoms with Gasteiger partial charge in [-0.1, -0.05) is 36.4 Å². The molecule has 0 saturated carbocycles. The molecule has 2 atom stereocenters. The summed E-state index contributed by atoms with van der Waals surface area (Å²) in [6.07, 6.45) is 0.903. The quantitative estimate of drug-likeness (QED) is 0.811. The third-order valence-corrected chi connectivity index (χ3v) is 4.82. The van der Waals surface area contributed by atoms with Gasteiger partial charge in [0, 0.05) is 12.1 Å².